The van der Waals surface area contributed by atoms with Crippen LogP contribution >= 0.6 is 0 Å². The van der Waals surface area contributed by atoms with Gasteiger partial charge in [-0.2, -0.15) is 0 Å². The molecule has 0 saturated carbocycles. The Labute approximate surface area is 115 Å². The second kappa shape index (κ2) is 5.76. The minimum Gasteiger partial charge on any atom is -0.456 e. The first-order valence-corrected chi connectivity index (χ1v) is 6.17. The first-order valence-electron chi connectivity index (χ1n) is 6.17. The van der Waals surface area contributed by atoms with Gasteiger partial charge in [0, 0.05) is 20.8 Å². The number of hydrogen-bond acceptors (Lipinski definition) is 8. The lowest BCUT2D eigenvalue weighted by atomic mass is 10.00. The van der Waals surface area contributed by atoms with Gasteiger partial charge in [-0.1, -0.05) is 0 Å². The van der Waals surface area contributed by atoms with Crippen molar-refractivity contribution in [1.82, 2.24) is 0 Å². The standard InChI is InChI=1S/C12H16O8/c1-5(13)17-9-8-4-16-12(20-8)11(19-7(3)15)10(9)18-6(2)14/h8-12H,4H2,1-3H3/t8-,9+,10-,11-,12-/m0/s1. The molecule has 2 fully saturated rings. The van der Waals surface area contributed by atoms with Crippen LogP contribution in [0.15, 0.2) is 0 Å². The molecular weight excluding hydrogens is 272 g/mol. The highest BCUT2D eigenvalue weighted by molar-refractivity contribution is 5.68. The molecule has 20 heavy (non-hydrogen) atoms. The zero-order valence-corrected chi connectivity index (χ0v) is 11.4. The fourth-order valence-corrected chi connectivity index (χ4v) is 2.31. The highest BCUT2D eigenvalue weighted by Gasteiger charge is 2.55. The summed E-state index contributed by atoms with van der Waals surface area (Å²) >= 11 is 0. The van der Waals surface area contributed by atoms with Gasteiger partial charge in [-0.05, 0) is 0 Å². The molecular formula is C12H16O8. The van der Waals surface area contributed by atoms with Gasteiger partial charge in [0.25, 0.3) is 0 Å². The second-order valence-corrected chi connectivity index (χ2v) is 4.60. The average molecular weight is 288 g/mol. The van der Waals surface area contributed by atoms with Gasteiger partial charge in [0.1, 0.15) is 6.10 Å². The summed E-state index contributed by atoms with van der Waals surface area (Å²) in [7, 11) is 0. The van der Waals surface area contributed by atoms with Crippen molar-refractivity contribution in [3.05, 3.63) is 0 Å². The Hall–Kier alpha value is -1.67. The molecule has 0 aromatic carbocycles. The summed E-state index contributed by atoms with van der Waals surface area (Å²) in [6.45, 7) is 3.83. The van der Waals surface area contributed by atoms with Crippen LogP contribution in [0, 0.1) is 0 Å². The molecule has 0 N–H and O–H groups in total. The van der Waals surface area contributed by atoms with Crippen LogP contribution in [0.1, 0.15) is 20.8 Å². The van der Waals surface area contributed by atoms with E-state index in [4.69, 9.17) is 23.7 Å². The van der Waals surface area contributed by atoms with Crippen LogP contribution in [0.5, 0.6) is 0 Å². The van der Waals surface area contributed by atoms with Gasteiger partial charge in [0.05, 0.1) is 6.61 Å². The summed E-state index contributed by atoms with van der Waals surface area (Å²) in [5, 5.41) is 0. The molecule has 0 aromatic heterocycles. The van der Waals surface area contributed by atoms with Crippen molar-refractivity contribution in [2.45, 2.75) is 51.5 Å². The third kappa shape index (κ3) is 3.07. The minimum atomic E-state index is -0.973. The van der Waals surface area contributed by atoms with E-state index in [0.717, 1.165) is 0 Å². The van der Waals surface area contributed by atoms with Crippen molar-refractivity contribution >= 4 is 17.9 Å². The van der Waals surface area contributed by atoms with Gasteiger partial charge in [-0.3, -0.25) is 14.4 Å². The lowest BCUT2D eigenvalue weighted by Crippen LogP contribution is -2.58. The normalized spacial score (nSPS) is 35.2. The molecule has 2 heterocycles. The predicted molar refractivity (Wildman–Crippen MR) is 61.3 cm³/mol. The number of carbonyl (C=O) groups is 3. The summed E-state index contributed by atoms with van der Waals surface area (Å²) in [5.41, 5.74) is 0. The van der Waals surface area contributed by atoms with E-state index in [9.17, 15) is 14.4 Å². The minimum absolute atomic E-state index is 0.165. The molecule has 0 amide bonds. The SMILES string of the molecule is CC(=O)O[C@@H]1[C@H](OC(C)=O)[C@H]2OC[C@H](O2)[C@H]1OC(C)=O. The van der Waals surface area contributed by atoms with Crippen LogP contribution in [0.25, 0.3) is 0 Å². The fourth-order valence-electron chi connectivity index (χ4n) is 2.31. The molecule has 2 saturated heterocycles. The van der Waals surface area contributed by atoms with Crippen LogP contribution in [0.4, 0.5) is 0 Å². The molecule has 2 aliphatic rings. The number of carbonyl (C=O) groups excluding carboxylic acids is 3. The summed E-state index contributed by atoms with van der Waals surface area (Å²) < 4.78 is 26.2. The fraction of sp³-hybridized carbons (Fsp3) is 0.750. The number of ether oxygens (including phenoxy) is 5. The van der Waals surface area contributed by atoms with Gasteiger partial charge in [0.15, 0.2) is 24.6 Å². The molecule has 2 rings (SSSR count). The number of fused-ring (bicyclic) bond motifs is 2. The third-order valence-electron chi connectivity index (χ3n) is 2.92. The molecule has 0 aromatic rings. The van der Waals surface area contributed by atoms with Crippen molar-refractivity contribution in [2.24, 2.45) is 0 Å². The Morgan fingerprint density at radius 2 is 1.35 bits per heavy atom. The lowest BCUT2D eigenvalue weighted by Gasteiger charge is -2.38. The summed E-state index contributed by atoms with van der Waals surface area (Å²) in [4.78, 5) is 33.6. The summed E-state index contributed by atoms with van der Waals surface area (Å²) in [6.07, 6.45) is -4.19. The predicted octanol–water partition coefficient (Wildman–Crippen LogP) is -0.463. The van der Waals surface area contributed by atoms with E-state index in [2.05, 4.69) is 0 Å². The van der Waals surface area contributed by atoms with E-state index in [-0.39, 0.29) is 6.61 Å². The van der Waals surface area contributed by atoms with Crippen molar-refractivity contribution < 1.29 is 38.1 Å². The number of rotatable bonds is 3. The zero-order valence-electron chi connectivity index (χ0n) is 11.4. The maximum absolute atomic E-state index is 11.2. The third-order valence-corrected chi connectivity index (χ3v) is 2.92. The van der Waals surface area contributed by atoms with Crippen LogP contribution in [0.2, 0.25) is 0 Å². The van der Waals surface area contributed by atoms with E-state index < -0.39 is 48.6 Å². The van der Waals surface area contributed by atoms with E-state index in [1.807, 2.05) is 0 Å². The Morgan fingerprint density at radius 1 is 0.850 bits per heavy atom. The Morgan fingerprint density at radius 3 is 1.90 bits per heavy atom. The smallest absolute Gasteiger partial charge is 0.303 e. The molecule has 112 valence electrons. The van der Waals surface area contributed by atoms with Gasteiger partial charge in [-0.25, -0.2) is 0 Å². The molecule has 8 heteroatoms. The zero-order chi connectivity index (χ0) is 14.9. The van der Waals surface area contributed by atoms with E-state index in [1.165, 1.54) is 20.8 Å². The Kier molecular flexibility index (Phi) is 4.24. The topological polar surface area (TPSA) is 97.4 Å². The van der Waals surface area contributed by atoms with E-state index >= 15 is 0 Å². The molecule has 0 aliphatic carbocycles. The maximum atomic E-state index is 11.2. The van der Waals surface area contributed by atoms with Gasteiger partial charge < -0.3 is 23.7 Å². The van der Waals surface area contributed by atoms with E-state index in [0.29, 0.717) is 0 Å². The molecule has 0 radical (unpaired) electrons. The molecule has 2 bridgehead atoms. The van der Waals surface area contributed by atoms with Crippen molar-refractivity contribution in [1.29, 1.82) is 0 Å². The van der Waals surface area contributed by atoms with Gasteiger partial charge in [0.2, 0.25) is 0 Å². The molecule has 2 aliphatic heterocycles. The molecule has 0 unspecified atom stereocenters. The van der Waals surface area contributed by atoms with Crippen LogP contribution in [-0.2, 0) is 38.1 Å². The number of hydrogen-bond donors (Lipinski definition) is 0. The van der Waals surface area contributed by atoms with Crippen LogP contribution in [-0.4, -0.2) is 55.2 Å². The first kappa shape index (κ1) is 14.7. The Balaban J connectivity index is 2.24. The largest absolute Gasteiger partial charge is 0.456 e. The average Bonchev–Trinajstić information content (AvgIpc) is 2.74. The highest BCUT2D eigenvalue weighted by atomic mass is 16.8. The van der Waals surface area contributed by atoms with Crippen molar-refractivity contribution in [2.75, 3.05) is 6.61 Å². The van der Waals surface area contributed by atoms with Gasteiger partial charge >= 0.3 is 17.9 Å². The summed E-state index contributed by atoms with van der Waals surface area (Å²) in [6, 6.07) is 0. The molecule has 0 spiro atoms. The Bertz CT molecular complexity index is 390. The molecule has 5 atom stereocenters. The maximum Gasteiger partial charge on any atom is 0.303 e. The number of esters is 3. The van der Waals surface area contributed by atoms with E-state index in [1.54, 1.807) is 0 Å². The van der Waals surface area contributed by atoms with Crippen molar-refractivity contribution in [3.63, 3.8) is 0 Å². The molecule has 8 nitrogen and oxygen atoms in total. The van der Waals surface area contributed by atoms with Crippen LogP contribution < -0.4 is 0 Å². The highest BCUT2D eigenvalue weighted by Crippen LogP contribution is 2.33. The van der Waals surface area contributed by atoms with Crippen LogP contribution in [0.3, 0.4) is 0 Å². The van der Waals surface area contributed by atoms with Crippen molar-refractivity contribution in [3.8, 4) is 0 Å². The monoisotopic (exact) mass is 288 g/mol. The quantitative estimate of drug-likeness (QED) is 0.508. The second-order valence-electron chi connectivity index (χ2n) is 4.60. The van der Waals surface area contributed by atoms with Gasteiger partial charge in [-0.15, -0.1) is 0 Å². The lowest BCUT2D eigenvalue weighted by molar-refractivity contribution is -0.250. The first-order chi connectivity index (χ1) is 9.38. The summed E-state index contributed by atoms with van der Waals surface area (Å²) in [5.74, 6) is -1.71.